The molecular weight excluding hydrogens is 518 g/mol. The highest BCUT2D eigenvalue weighted by atomic mass is 32.2. The molecule has 0 spiro atoms. The Morgan fingerprint density at radius 1 is 0.947 bits per heavy atom. The first-order valence-corrected chi connectivity index (χ1v) is 13.2. The number of rotatable bonds is 17. The molecule has 1 aromatic carbocycles. The average molecular weight is 556 g/mol. The van der Waals surface area contributed by atoms with Gasteiger partial charge in [0, 0.05) is 13.0 Å². The van der Waals surface area contributed by atoms with Crippen LogP contribution in [-0.2, 0) is 25.6 Å². The Labute approximate surface area is 224 Å². The fourth-order valence-electron chi connectivity index (χ4n) is 3.24. The number of aliphatic carboxylic acids is 1. The van der Waals surface area contributed by atoms with Crippen LogP contribution in [0.5, 0.6) is 5.75 Å². The molecule has 0 radical (unpaired) electrons. The minimum Gasteiger partial charge on any atom is -0.508 e. The van der Waals surface area contributed by atoms with Gasteiger partial charge < -0.3 is 48.5 Å². The summed E-state index contributed by atoms with van der Waals surface area (Å²) >= 11 is 1.45. The van der Waals surface area contributed by atoms with Gasteiger partial charge in [-0.2, -0.15) is 11.8 Å². The Morgan fingerprint density at radius 3 is 2.08 bits per heavy atom. The normalized spacial score (nSPS) is 13.9. The zero-order chi connectivity index (χ0) is 28.7. The van der Waals surface area contributed by atoms with E-state index < -0.39 is 54.5 Å². The number of amides is 3. The first-order chi connectivity index (χ1) is 18.0. The van der Waals surface area contributed by atoms with Gasteiger partial charge in [-0.1, -0.05) is 12.1 Å². The van der Waals surface area contributed by atoms with Gasteiger partial charge in [0.2, 0.25) is 17.7 Å². The number of phenolic OH excluding ortho intramolecular Hbond substituents is 1. The number of aliphatic hydroxyl groups is 1. The van der Waals surface area contributed by atoms with Gasteiger partial charge in [0.05, 0.1) is 12.6 Å². The van der Waals surface area contributed by atoms with Crippen LogP contribution in [0.25, 0.3) is 0 Å². The van der Waals surface area contributed by atoms with E-state index in [1.807, 2.05) is 6.26 Å². The molecule has 3 amide bonds. The maximum absolute atomic E-state index is 13.2. The molecule has 15 heteroatoms. The predicted molar refractivity (Wildman–Crippen MR) is 143 cm³/mol. The zero-order valence-electron chi connectivity index (χ0n) is 21.1. The van der Waals surface area contributed by atoms with E-state index in [9.17, 15) is 34.5 Å². The number of carbonyl (C=O) groups excluding carboxylic acids is 3. The molecule has 4 unspecified atom stereocenters. The van der Waals surface area contributed by atoms with Crippen LogP contribution in [0.4, 0.5) is 0 Å². The highest BCUT2D eigenvalue weighted by Gasteiger charge is 2.30. The summed E-state index contributed by atoms with van der Waals surface area (Å²) in [6.45, 7) is -0.562. The van der Waals surface area contributed by atoms with E-state index in [-0.39, 0.29) is 31.0 Å². The van der Waals surface area contributed by atoms with Crippen molar-refractivity contribution >= 4 is 41.4 Å². The van der Waals surface area contributed by atoms with Crippen molar-refractivity contribution in [3.8, 4) is 5.75 Å². The number of nitrogens with zero attached hydrogens (tertiary/aromatic N) is 1. The predicted octanol–water partition coefficient (Wildman–Crippen LogP) is -2.40. The smallest absolute Gasteiger partial charge is 0.328 e. The van der Waals surface area contributed by atoms with Crippen LogP contribution in [0, 0.1) is 0 Å². The third-order valence-corrected chi connectivity index (χ3v) is 6.00. The van der Waals surface area contributed by atoms with Crippen molar-refractivity contribution in [1.29, 1.82) is 0 Å². The first-order valence-electron chi connectivity index (χ1n) is 11.8. The van der Waals surface area contributed by atoms with Gasteiger partial charge >= 0.3 is 5.97 Å². The number of aliphatic hydroxyl groups excluding tert-OH is 1. The number of hydrogen-bond acceptors (Lipinski definition) is 9. The number of aromatic hydroxyl groups is 1. The Hall–Kier alpha value is -3.56. The highest BCUT2D eigenvalue weighted by molar-refractivity contribution is 7.98. The van der Waals surface area contributed by atoms with Crippen LogP contribution in [0.15, 0.2) is 29.3 Å². The molecule has 0 saturated carbocycles. The molecule has 0 saturated heterocycles. The number of carboxylic acids is 1. The third-order valence-electron chi connectivity index (χ3n) is 5.35. The number of carbonyl (C=O) groups is 4. The summed E-state index contributed by atoms with van der Waals surface area (Å²) in [6.07, 6.45) is 2.72. The van der Waals surface area contributed by atoms with Gasteiger partial charge in [-0.25, -0.2) is 4.79 Å². The molecule has 0 heterocycles. The summed E-state index contributed by atoms with van der Waals surface area (Å²) in [5.41, 5.74) is 17.1. The van der Waals surface area contributed by atoms with Crippen molar-refractivity contribution in [2.24, 2.45) is 22.2 Å². The number of thioether (sulfide) groups is 1. The van der Waals surface area contributed by atoms with E-state index in [4.69, 9.17) is 17.2 Å². The molecule has 38 heavy (non-hydrogen) atoms. The lowest BCUT2D eigenvalue weighted by Crippen LogP contribution is -2.58. The lowest BCUT2D eigenvalue weighted by Gasteiger charge is -2.25. The van der Waals surface area contributed by atoms with Crippen LogP contribution < -0.4 is 33.2 Å². The topological polar surface area (TPSA) is 255 Å². The van der Waals surface area contributed by atoms with Crippen LogP contribution in [0.3, 0.4) is 0 Å². The van der Waals surface area contributed by atoms with Gasteiger partial charge in [-0.05, 0) is 49.0 Å². The molecule has 0 aliphatic carbocycles. The summed E-state index contributed by atoms with van der Waals surface area (Å²) < 4.78 is 0. The van der Waals surface area contributed by atoms with E-state index in [0.29, 0.717) is 24.3 Å². The van der Waals surface area contributed by atoms with Crippen LogP contribution >= 0.6 is 11.8 Å². The molecule has 0 aromatic heterocycles. The molecule has 1 aromatic rings. The summed E-state index contributed by atoms with van der Waals surface area (Å²) in [7, 11) is 0. The second-order valence-corrected chi connectivity index (χ2v) is 9.40. The quantitative estimate of drug-likeness (QED) is 0.0556. The number of carboxylic acid groups (broad SMARTS) is 1. The van der Waals surface area contributed by atoms with E-state index >= 15 is 0 Å². The minimum atomic E-state index is -1.58. The van der Waals surface area contributed by atoms with Gasteiger partial charge in [-0.15, -0.1) is 0 Å². The van der Waals surface area contributed by atoms with Gasteiger partial charge in [0.1, 0.15) is 23.9 Å². The number of nitrogens with two attached hydrogens (primary N) is 3. The number of guanidine groups is 1. The fraction of sp³-hybridized carbons (Fsp3) is 0.522. The first kappa shape index (κ1) is 32.5. The van der Waals surface area contributed by atoms with Crippen LogP contribution in [-0.4, -0.2) is 94.3 Å². The standard InChI is InChI=1S/C23H37N7O7S/c1-38-10-8-16(28-19(33)15(24)3-2-9-27-23(25)26)20(34)29-17(11-13-4-6-14(32)7-5-13)21(35)30-18(12-31)22(36)37/h4-7,15-18,31-32H,2-3,8-12,24H2,1H3,(H,28,33)(H,29,34)(H,30,35)(H,36,37)(H4,25,26,27). The third kappa shape index (κ3) is 12.1. The average Bonchev–Trinajstić information content (AvgIpc) is 2.87. The van der Waals surface area contributed by atoms with E-state index in [1.54, 1.807) is 0 Å². The van der Waals surface area contributed by atoms with E-state index in [2.05, 4.69) is 20.9 Å². The van der Waals surface area contributed by atoms with Crippen molar-refractivity contribution < 1.29 is 34.5 Å². The maximum atomic E-state index is 13.2. The van der Waals surface area contributed by atoms with E-state index in [0.717, 1.165) is 0 Å². The molecule has 12 N–H and O–H groups in total. The van der Waals surface area contributed by atoms with E-state index in [1.165, 1.54) is 36.0 Å². The highest BCUT2D eigenvalue weighted by Crippen LogP contribution is 2.12. The Kier molecular flexibility index (Phi) is 14.6. The van der Waals surface area contributed by atoms with Crippen LogP contribution in [0.1, 0.15) is 24.8 Å². The summed E-state index contributed by atoms with van der Waals surface area (Å²) in [5, 5.41) is 35.3. The largest absolute Gasteiger partial charge is 0.508 e. The fourth-order valence-corrected chi connectivity index (χ4v) is 3.71. The number of nitrogens with one attached hydrogen (secondary N) is 3. The van der Waals surface area contributed by atoms with Gasteiger partial charge in [0.15, 0.2) is 5.96 Å². The van der Waals surface area contributed by atoms with Gasteiger partial charge in [0.25, 0.3) is 0 Å². The molecule has 0 aliphatic rings. The molecule has 212 valence electrons. The number of hydrogen-bond donors (Lipinski definition) is 9. The van der Waals surface area contributed by atoms with Crippen molar-refractivity contribution in [1.82, 2.24) is 16.0 Å². The molecule has 14 nitrogen and oxygen atoms in total. The summed E-state index contributed by atoms with van der Waals surface area (Å²) in [6, 6.07) is 1.10. The molecule has 4 atom stereocenters. The molecule has 0 fully saturated rings. The summed E-state index contributed by atoms with van der Waals surface area (Å²) in [5.74, 6) is -3.10. The summed E-state index contributed by atoms with van der Waals surface area (Å²) in [4.78, 5) is 53.8. The SMILES string of the molecule is CSCCC(NC(=O)C(N)CCCN=C(N)N)C(=O)NC(Cc1ccc(O)cc1)C(=O)NC(CO)C(=O)O. The maximum Gasteiger partial charge on any atom is 0.328 e. The lowest BCUT2D eigenvalue weighted by atomic mass is 10.0. The van der Waals surface area contributed by atoms with Gasteiger partial charge in [-0.3, -0.25) is 19.4 Å². The molecule has 0 bridgehead atoms. The second kappa shape index (κ2) is 17.0. The zero-order valence-corrected chi connectivity index (χ0v) is 21.9. The van der Waals surface area contributed by atoms with Crippen molar-refractivity contribution in [2.75, 3.05) is 25.2 Å². The van der Waals surface area contributed by atoms with Crippen molar-refractivity contribution in [3.05, 3.63) is 29.8 Å². The Bertz CT molecular complexity index is 958. The number of aliphatic imine (C=N–C) groups is 1. The molecule has 1 rings (SSSR count). The number of benzene rings is 1. The minimum absolute atomic E-state index is 0.000474. The monoisotopic (exact) mass is 555 g/mol. The van der Waals surface area contributed by atoms with Crippen LogP contribution in [0.2, 0.25) is 0 Å². The van der Waals surface area contributed by atoms with Crippen molar-refractivity contribution in [2.45, 2.75) is 49.9 Å². The molecular formula is C23H37N7O7S. The Morgan fingerprint density at radius 2 is 1.53 bits per heavy atom. The van der Waals surface area contributed by atoms with Crippen molar-refractivity contribution in [3.63, 3.8) is 0 Å². The Balaban J connectivity index is 3.01. The molecule has 0 aliphatic heterocycles. The lowest BCUT2D eigenvalue weighted by molar-refractivity contribution is -0.143. The number of phenols is 1. The second-order valence-electron chi connectivity index (χ2n) is 8.41.